The number of hydrogen-bond acceptors (Lipinski definition) is 2. The fourth-order valence-electron chi connectivity index (χ4n) is 1.20. The Morgan fingerprint density at radius 1 is 1.33 bits per heavy atom. The Balaban J connectivity index is 2.77. The van der Waals surface area contributed by atoms with Gasteiger partial charge >= 0.3 is 0 Å². The second-order valence-electron chi connectivity index (χ2n) is 3.38. The summed E-state index contributed by atoms with van der Waals surface area (Å²) in [5.41, 5.74) is 3.24. The molecule has 1 rings (SSSR count). The summed E-state index contributed by atoms with van der Waals surface area (Å²) in [5, 5.41) is 5.83. The van der Waals surface area contributed by atoms with Crippen molar-refractivity contribution in [2.24, 2.45) is 0 Å². The van der Waals surface area contributed by atoms with Gasteiger partial charge in [-0.3, -0.25) is 4.79 Å². The average Bonchev–Trinajstić information content (AvgIpc) is 2.11. The van der Waals surface area contributed by atoms with Gasteiger partial charge in [0.15, 0.2) is 5.11 Å². The van der Waals surface area contributed by atoms with Crippen LogP contribution in [0.25, 0.3) is 0 Å². The highest BCUT2D eigenvalue weighted by Crippen LogP contribution is 2.17. The first-order chi connectivity index (χ1) is 7.00. The summed E-state index contributed by atoms with van der Waals surface area (Å²) >= 11 is 4.97. The Kier molecular flexibility index (Phi) is 3.80. The van der Waals surface area contributed by atoms with E-state index in [1.165, 1.54) is 12.5 Å². The van der Waals surface area contributed by atoms with Gasteiger partial charge in [0, 0.05) is 12.6 Å². The maximum absolute atomic E-state index is 10.8. The number of aryl methyl sites for hydroxylation is 1. The molecule has 3 nitrogen and oxygen atoms in total. The molecule has 0 aliphatic carbocycles. The lowest BCUT2D eigenvalue weighted by Crippen LogP contribution is -2.32. The summed E-state index contributed by atoms with van der Waals surface area (Å²) in [6, 6.07) is 5.90. The minimum Gasteiger partial charge on any atom is -0.332 e. The molecule has 15 heavy (non-hydrogen) atoms. The van der Waals surface area contributed by atoms with Crippen LogP contribution in [0, 0.1) is 13.8 Å². The van der Waals surface area contributed by atoms with E-state index in [-0.39, 0.29) is 5.91 Å². The lowest BCUT2D eigenvalue weighted by Gasteiger charge is -2.11. The maximum atomic E-state index is 10.8. The van der Waals surface area contributed by atoms with Crippen LogP contribution in [0.2, 0.25) is 0 Å². The van der Waals surface area contributed by atoms with Gasteiger partial charge in [0.05, 0.1) is 0 Å². The van der Waals surface area contributed by atoms with E-state index in [0.717, 1.165) is 11.3 Å². The van der Waals surface area contributed by atoms with Crippen molar-refractivity contribution in [1.29, 1.82) is 0 Å². The van der Waals surface area contributed by atoms with Gasteiger partial charge in [0.2, 0.25) is 5.91 Å². The van der Waals surface area contributed by atoms with Gasteiger partial charge < -0.3 is 10.6 Å². The van der Waals surface area contributed by atoms with Gasteiger partial charge in [-0.15, -0.1) is 0 Å². The molecule has 0 unspecified atom stereocenters. The molecule has 1 aromatic rings. The summed E-state index contributed by atoms with van der Waals surface area (Å²) in [6.07, 6.45) is 0. The molecule has 1 amide bonds. The molecule has 0 aliphatic rings. The normalized spacial score (nSPS) is 9.53. The van der Waals surface area contributed by atoms with Gasteiger partial charge in [-0.2, -0.15) is 0 Å². The molecule has 2 N–H and O–H groups in total. The van der Waals surface area contributed by atoms with Gasteiger partial charge in [-0.05, 0) is 43.3 Å². The number of nitrogens with one attached hydrogen (secondary N) is 2. The Morgan fingerprint density at radius 3 is 2.60 bits per heavy atom. The van der Waals surface area contributed by atoms with Crippen molar-refractivity contribution in [3.8, 4) is 0 Å². The van der Waals surface area contributed by atoms with Crippen LogP contribution >= 0.6 is 12.2 Å². The van der Waals surface area contributed by atoms with E-state index in [1.807, 2.05) is 32.0 Å². The fourth-order valence-corrected chi connectivity index (χ4v) is 1.45. The second-order valence-corrected chi connectivity index (χ2v) is 3.79. The molecule has 0 heterocycles. The number of anilines is 1. The van der Waals surface area contributed by atoms with Crippen molar-refractivity contribution < 1.29 is 4.79 Å². The average molecular weight is 222 g/mol. The number of carbonyl (C=O) groups excluding carboxylic acids is 1. The monoisotopic (exact) mass is 222 g/mol. The predicted octanol–water partition coefficient (Wildman–Crippen LogP) is 2.14. The van der Waals surface area contributed by atoms with Gasteiger partial charge in [-0.25, -0.2) is 0 Å². The first-order valence-corrected chi connectivity index (χ1v) is 5.06. The largest absolute Gasteiger partial charge is 0.332 e. The first kappa shape index (κ1) is 11.7. The summed E-state index contributed by atoms with van der Waals surface area (Å²) < 4.78 is 0. The van der Waals surface area contributed by atoms with E-state index in [9.17, 15) is 4.79 Å². The number of rotatable bonds is 1. The minimum atomic E-state index is -0.169. The van der Waals surface area contributed by atoms with E-state index in [0.29, 0.717) is 5.11 Å². The number of benzene rings is 1. The molecule has 0 aromatic heterocycles. The van der Waals surface area contributed by atoms with Crippen LogP contribution in [0.4, 0.5) is 5.69 Å². The van der Waals surface area contributed by atoms with E-state index >= 15 is 0 Å². The number of amides is 1. The Bertz CT molecular complexity index is 402. The van der Waals surface area contributed by atoms with Crippen molar-refractivity contribution in [1.82, 2.24) is 5.32 Å². The quantitative estimate of drug-likeness (QED) is 0.715. The van der Waals surface area contributed by atoms with E-state index < -0.39 is 0 Å². The minimum absolute atomic E-state index is 0.169. The SMILES string of the molecule is CC(=O)NC(=S)Nc1cccc(C)c1C. The fraction of sp³-hybridized carbons (Fsp3) is 0.273. The highest BCUT2D eigenvalue weighted by atomic mass is 32.1. The van der Waals surface area contributed by atoms with Gasteiger partial charge in [0.1, 0.15) is 0 Å². The third kappa shape index (κ3) is 3.32. The van der Waals surface area contributed by atoms with Gasteiger partial charge in [-0.1, -0.05) is 12.1 Å². The third-order valence-electron chi connectivity index (χ3n) is 2.14. The third-order valence-corrected chi connectivity index (χ3v) is 2.35. The van der Waals surface area contributed by atoms with Gasteiger partial charge in [0.25, 0.3) is 0 Å². The smallest absolute Gasteiger partial charge is 0.222 e. The summed E-state index contributed by atoms with van der Waals surface area (Å²) in [6.45, 7) is 5.47. The number of thiocarbonyl (C=S) groups is 1. The summed E-state index contributed by atoms with van der Waals surface area (Å²) in [7, 11) is 0. The molecule has 0 fully saturated rings. The molecule has 0 spiro atoms. The van der Waals surface area contributed by atoms with Crippen LogP contribution < -0.4 is 10.6 Å². The van der Waals surface area contributed by atoms with Crippen LogP contribution in [0.3, 0.4) is 0 Å². The second kappa shape index (κ2) is 4.89. The molecule has 4 heteroatoms. The van der Waals surface area contributed by atoms with E-state index in [4.69, 9.17) is 12.2 Å². The summed E-state index contributed by atoms with van der Waals surface area (Å²) in [5.74, 6) is -0.169. The highest BCUT2D eigenvalue weighted by molar-refractivity contribution is 7.80. The lowest BCUT2D eigenvalue weighted by molar-refractivity contribution is -0.117. The molecule has 80 valence electrons. The molecule has 0 atom stereocenters. The first-order valence-electron chi connectivity index (χ1n) is 4.65. The standard InChI is InChI=1S/C11H14N2OS/c1-7-5-4-6-10(8(7)2)13-11(15)12-9(3)14/h4-6H,1-3H3,(H2,12,13,14,15). The molecule has 0 aliphatic heterocycles. The zero-order chi connectivity index (χ0) is 11.4. The summed E-state index contributed by atoms with van der Waals surface area (Å²) in [4.78, 5) is 10.8. The molecule has 0 bridgehead atoms. The molecule has 1 aromatic carbocycles. The topological polar surface area (TPSA) is 41.1 Å². The van der Waals surface area contributed by atoms with Crippen molar-refractivity contribution in [2.75, 3.05) is 5.32 Å². The predicted molar refractivity (Wildman–Crippen MR) is 66.0 cm³/mol. The van der Waals surface area contributed by atoms with Crippen LogP contribution in [-0.2, 0) is 4.79 Å². The molecule has 0 radical (unpaired) electrons. The lowest BCUT2D eigenvalue weighted by atomic mass is 10.1. The molecular formula is C11H14N2OS. The van der Waals surface area contributed by atoms with Crippen molar-refractivity contribution in [3.63, 3.8) is 0 Å². The highest BCUT2D eigenvalue weighted by Gasteiger charge is 2.03. The van der Waals surface area contributed by atoms with Crippen LogP contribution in [0.5, 0.6) is 0 Å². The van der Waals surface area contributed by atoms with Crippen LogP contribution in [0.15, 0.2) is 18.2 Å². The van der Waals surface area contributed by atoms with Crippen LogP contribution in [-0.4, -0.2) is 11.0 Å². The Morgan fingerprint density at radius 2 is 2.00 bits per heavy atom. The van der Waals surface area contributed by atoms with E-state index in [2.05, 4.69) is 10.6 Å². The molecule has 0 saturated carbocycles. The number of hydrogen-bond donors (Lipinski definition) is 2. The van der Waals surface area contributed by atoms with E-state index in [1.54, 1.807) is 0 Å². The maximum Gasteiger partial charge on any atom is 0.222 e. The van der Waals surface area contributed by atoms with Crippen LogP contribution in [0.1, 0.15) is 18.1 Å². The Labute approximate surface area is 94.9 Å². The van der Waals surface area contributed by atoms with Crippen molar-refractivity contribution >= 4 is 28.9 Å². The zero-order valence-corrected chi connectivity index (χ0v) is 9.87. The van der Waals surface area contributed by atoms with Crippen molar-refractivity contribution in [2.45, 2.75) is 20.8 Å². The molecule has 0 saturated heterocycles. The van der Waals surface area contributed by atoms with Crippen molar-refractivity contribution in [3.05, 3.63) is 29.3 Å². The zero-order valence-electron chi connectivity index (χ0n) is 9.05. The molecular weight excluding hydrogens is 208 g/mol. The Hall–Kier alpha value is -1.42. The number of carbonyl (C=O) groups is 1.